The first-order valence-electron chi connectivity index (χ1n) is 7.24. The van der Waals surface area contributed by atoms with Gasteiger partial charge in [-0.25, -0.2) is 9.78 Å². The number of hydrogen-bond acceptors (Lipinski definition) is 4. The van der Waals surface area contributed by atoms with Crippen LogP contribution in [0.1, 0.15) is 25.2 Å². The van der Waals surface area contributed by atoms with Crippen LogP contribution >= 0.6 is 11.8 Å². The molecule has 1 N–H and O–H groups in total. The molecule has 0 bridgehead atoms. The van der Waals surface area contributed by atoms with Gasteiger partial charge in [0.05, 0.1) is 5.69 Å². The van der Waals surface area contributed by atoms with Crippen molar-refractivity contribution in [2.24, 2.45) is 5.92 Å². The van der Waals surface area contributed by atoms with E-state index in [0.717, 1.165) is 23.1 Å². The topological polar surface area (TPSA) is 56.1 Å². The lowest BCUT2D eigenvalue weighted by Gasteiger charge is -2.12. The van der Waals surface area contributed by atoms with Crippen molar-refractivity contribution < 1.29 is 22.7 Å². The maximum atomic E-state index is 11.9. The molecule has 5 nitrogen and oxygen atoms in total. The van der Waals surface area contributed by atoms with Crippen LogP contribution in [-0.2, 0) is 11.3 Å². The molecule has 0 fully saturated rings. The molecule has 0 atom stereocenters. The van der Waals surface area contributed by atoms with Crippen molar-refractivity contribution in [2.45, 2.75) is 45.6 Å². The highest BCUT2D eigenvalue weighted by Gasteiger charge is 2.29. The van der Waals surface area contributed by atoms with Gasteiger partial charge in [-0.3, -0.25) is 0 Å². The Hall–Kier alpha value is -1.38. The van der Waals surface area contributed by atoms with Crippen LogP contribution in [0.15, 0.2) is 5.16 Å². The lowest BCUT2D eigenvalue weighted by molar-refractivity contribution is -0.160. The molecule has 0 saturated carbocycles. The Morgan fingerprint density at radius 1 is 1.39 bits per heavy atom. The van der Waals surface area contributed by atoms with Crippen molar-refractivity contribution in [3.8, 4) is 0 Å². The van der Waals surface area contributed by atoms with Gasteiger partial charge in [0, 0.05) is 24.5 Å². The number of aromatic nitrogens is 2. The first-order chi connectivity index (χ1) is 10.6. The third-order valence-corrected chi connectivity index (χ3v) is 3.92. The van der Waals surface area contributed by atoms with Crippen molar-refractivity contribution >= 4 is 17.9 Å². The second kappa shape index (κ2) is 8.47. The number of rotatable bonds is 7. The number of ether oxygens (including phenoxy) is 1. The zero-order chi connectivity index (χ0) is 17.6. The summed E-state index contributed by atoms with van der Waals surface area (Å²) in [5.41, 5.74) is 2.05. The highest BCUT2D eigenvalue weighted by molar-refractivity contribution is 7.99. The molecule has 9 heteroatoms. The fourth-order valence-corrected chi connectivity index (χ4v) is 2.76. The number of alkyl carbamates (subject to hydrolysis) is 1. The third-order valence-electron chi connectivity index (χ3n) is 2.94. The summed E-state index contributed by atoms with van der Waals surface area (Å²) in [5, 5.41) is 3.13. The Bertz CT molecular complexity index is 530. The first kappa shape index (κ1) is 19.7. The predicted molar refractivity (Wildman–Crippen MR) is 82.7 cm³/mol. The largest absolute Gasteiger partial charge is 0.440 e. The third kappa shape index (κ3) is 7.15. The molecule has 0 radical (unpaired) electrons. The number of nitrogens with one attached hydrogen (secondary N) is 1. The van der Waals surface area contributed by atoms with E-state index in [1.54, 1.807) is 0 Å². The maximum absolute atomic E-state index is 11.9. The van der Waals surface area contributed by atoms with Crippen LogP contribution < -0.4 is 5.32 Å². The second-order valence-electron chi connectivity index (χ2n) is 5.54. The minimum Gasteiger partial charge on any atom is -0.440 e. The Labute approximate surface area is 138 Å². The first-order valence-corrected chi connectivity index (χ1v) is 8.22. The minimum atomic E-state index is -4.51. The molecule has 1 amide bonds. The van der Waals surface area contributed by atoms with Gasteiger partial charge in [-0.2, -0.15) is 13.2 Å². The molecule has 0 aliphatic carbocycles. The van der Waals surface area contributed by atoms with Crippen molar-refractivity contribution in [1.29, 1.82) is 0 Å². The molecular weight excluding hydrogens is 331 g/mol. The number of hydrogen-bond donors (Lipinski definition) is 1. The van der Waals surface area contributed by atoms with Gasteiger partial charge in [0.15, 0.2) is 11.8 Å². The number of aryl methyl sites for hydroxylation is 1. The number of imidazole rings is 1. The predicted octanol–water partition coefficient (Wildman–Crippen LogP) is 3.54. The van der Waals surface area contributed by atoms with E-state index in [2.05, 4.69) is 33.5 Å². The molecule has 0 aliphatic heterocycles. The molecule has 0 saturated heterocycles. The number of alkyl halides is 3. The summed E-state index contributed by atoms with van der Waals surface area (Å²) >= 11 is 1.45. The van der Waals surface area contributed by atoms with Gasteiger partial charge in [-0.05, 0) is 19.8 Å². The Kier molecular flexibility index (Phi) is 7.24. The zero-order valence-corrected chi connectivity index (χ0v) is 14.5. The molecule has 1 rings (SSSR count). The van der Waals surface area contributed by atoms with Crippen LogP contribution in [0.3, 0.4) is 0 Å². The summed E-state index contributed by atoms with van der Waals surface area (Å²) in [6.45, 7) is 7.63. The van der Waals surface area contributed by atoms with Gasteiger partial charge in [0.1, 0.15) is 0 Å². The molecular formula is C14H22F3N3O2S. The number of nitrogens with zero attached hydrogens (tertiary/aromatic N) is 2. The molecule has 23 heavy (non-hydrogen) atoms. The number of halogens is 3. The van der Waals surface area contributed by atoms with Crippen LogP contribution in [0, 0.1) is 19.8 Å². The van der Waals surface area contributed by atoms with Gasteiger partial charge >= 0.3 is 12.3 Å². The van der Waals surface area contributed by atoms with E-state index in [4.69, 9.17) is 0 Å². The van der Waals surface area contributed by atoms with Crippen LogP contribution in [0.2, 0.25) is 0 Å². The summed E-state index contributed by atoms with van der Waals surface area (Å²) in [4.78, 5) is 15.6. The maximum Gasteiger partial charge on any atom is 0.422 e. The molecule has 0 spiro atoms. The van der Waals surface area contributed by atoms with Gasteiger partial charge in [-0.15, -0.1) is 0 Å². The highest BCUT2D eigenvalue weighted by Crippen LogP contribution is 2.22. The molecule has 0 aromatic carbocycles. The normalized spacial score (nSPS) is 11.8. The van der Waals surface area contributed by atoms with Crippen molar-refractivity contribution in [2.75, 3.05) is 18.9 Å². The number of amides is 1. The summed E-state index contributed by atoms with van der Waals surface area (Å²) in [6.07, 6.45) is -5.58. The molecule has 0 aliphatic rings. The van der Waals surface area contributed by atoms with E-state index >= 15 is 0 Å². The summed E-state index contributed by atoms with van der Waals surface area (Å²) < 4.78 is 41.9. The fourth-order valence-electron chi connectivity index (χ4n) is 1.81. The SMILES string of the molecule is Cc1nc(SCCNC(=O)OCC(F)(F)F)n(CC(C)C)c1C. The lowest BCUT2D eigenvalue weighted by atomic mass is 10.2. The Balaban J connectivity index is 2.41. The van der Waals surface area contributed by atoms with Crippen LogP contribution in [0.5, 0.6) is 0 Å². The van der Waals surface area contributed by atoms with Crippen molar-refractivity contribution in [1.82, 2.24) is 14.9 Å². The van der Waals surface area contributed by atoms with E-state index < -0.39 is 18.9 Å². The summed E-state index contributed by atoms with van der Waals surface area (Å²) in [5.74, 6) is 0.965. The average Bonchev–Trinajstić information content (AvgIpc) is 2.68. The van der Waals surface area contributed by atoms with Gasteiger partial charge in [0.25, 0.3) is 0 Å². The van der Waals surface area contributed by atoms with Crippen molar-refractivity contribution in [3.63, 3.8) is 0 Å². The average molecular weight is 353 g/mol. The van der Waals surface area contributed by atoms with Crippen molar-refractivity contribution in [3.05, 3.63) is 11.4 Å². The fraction of sp³-hybridized carbons (Fsp3) is 0.714. The molecule has 1 aromatic rings. The van der Waals surface area contributed by atoms with E-state index in [1.165, 1.54) is 11.8 Å². The smallest absolute Gasteiger partial charge is 0.422 e. The Morgan fingerprint density at radius 2 is 2.04 bits per heavy atom. The van der Waals surface area contributed by atoms with Gasteiger partial charge in [-0.1, -0.05) is 25.6 Å². The standard InChI is InChI=1S/C14H22F3N3O2S/c1-9(2)7-20-11(4)10(3)19-12(20)23-6-5-18-13(21)22-8-14(15,16)17/h9H,5-8H2,1-4H3,(H,18,21). The lowest BCUT2D eigenvalue weighted by Crippen LogP contribution is -2.30. The van der Waals surface area contributed by atoms with E-state index in [1.807, 2.05) is 13.8 Å². The zero-order valence-electron chi connectivity index (χ0n) is 13.7. The van der Waals surface area contributed by atoms with Gasteiger partial charge < -0.3 is 14.6 Å². The van der Waals surface area contributed by atoms with E-state index in [-0.39, 0.29) is 6.54 Å². The van der Waals surface area contributed by atoms with Crippen LogP contribution in [0.25, 0.3) is 0 Å². The van der Waals surface area contributed by atoms with E-state index in [0.29, 0.717) is 11.7 Å². The minimum absolute atomic E-state index is 0.202. The Morgan fingerprint density at radius 3 is 2.61 bits per heavy atom. The molecule has 1 aromatic heterocycles. The van der Waals surface area contributed by atoms with Gasteiger partial charge in [0.2, 0.25) is 0 Å². The number of carbonyl (C=O) groups is 1. The quantitative estimate of drug-likeness (QED) is 0.602. The van der Waals surface area contributed by atoms with Crippen LogP contribution in [-0.4, -0.2) is 40.7 Å². The summed E-state index contributed by atoms with van der Waals surface area (Å²) in [7, 11) is 0. The number of thioether (sulfide) groups is 1. The second-order valence-corrected chi connectivity index (χ2v) is 6.60. The summed E-state index contributed by atoms with van der Waals surface area (Å²) in [6, 6.07) is 0. The molecule has 1 heterocycles. The van der Waals surface area contributed by atoms with E-state index in [9.17, 15) is 18.0 Å². The number of carbonyl (C=O) groups excluding carboxylic acids is 1. The van der Waals surface area contributed by atoms with Crippen LogP contribution in [0.4, 0.5) is 18.0 Å². The monoisotopic (exact) mass is 353 g/mol. The highest BCUT2D eigenvalue weighted by atomic mass is 32.2. The molecule has 132 valence electrons. The molecule has 0 unspecified atom stereocenters.